The molecule has 3 atom stereocenters. The zero-order valence-corrected chi connectivity index (χ0v) is 11.2. The van der Waals surface area contributed by atoms with Crippen molar-refractivity contribution in [3.63, 3.8) is 0 Å². The van der Waals surface area contributed by atoms with E-state index in [9.17, 15) is 4.79 Å². The first-order chi connectivity index (χ1) is 8.22. The molecule has 0 radical (unpaired) electrons. The van der Waals surface area contributed by atoms with Gasteiger partial charge in [-0.3, -0.25) is 10.1 Å². The van der Waals surface area contributed by atoms with Crippen molar-refractivity contribution in [2.75, 3.05) is 6.54 Å². The molecular formula is C14H26N2O. The zero-order chi connectivity index (χ0) is 12.3. The molecule has 2 fully saturated rings. The van der Waals surface area contributed by atoms with Crippen molar-refractivity contribution in [1.29, 1.82) is 0 Å². The third-order valence-electron chi connectivity index (χ3n) is 4.30. The third kappa shape index (κ3) is 3.01. The van der Waals surface area contributed by atoms with Crippen LogP contribution in [-0.4, -0.2) is 29.6 Å². The van der Waals surface area contributed by atoms with Crippen LogP contribution in [0, 0.1) is 5.92 Å². The van der Waals surface area contributed by atoms with Crippen LogP contribution in [-0.2, 0) is 4.79 Å². The molecule has 1 saturated heterocycles. The molecule has 0 aromatic carbocycles. The molecule has 0 bridgehead atoms. The van der Waals surface area contributed by atoms with Crippen LogP contribution in [0.3, 0.4) is 0 Å². The Kier molecular flexibility index (Phi) is 4.43. The van der Waals surface area contributed by atoms with Gasteiger partial charge in [-0.25, -0.2) is 0 Å². The van der Waals surface area contributed by atoms with Gasteiger partial charge < -0.3 is 4.90 Å². The molecule has 98 valence electrons. The Morgan fingerprint density at radius 3 is 2.88 bits per heavy atom. The summed E-state index contributed by atoms with van der Waals surface area (Å²) in [6.45, 7) is 5.09. The minimum Gasteiger partial charge on any atom is -0.323 e. The predicted molar refractivity (Wildman–Crippen MR) is 69.6 cm³/mol. The van der Waals surface area contributed by atoms with E-state index in [1.165, 1.54) is 32.1 Å². The number of carbonyl (C=O) groups excluding carboxylic acids is 1. The number of hydrogen-bond acceptors (Lipinski definition) is 2. The lowest BCUT2D eigenvalue weighted by Gasteiger charge is -2.32. The summed E-state index contributed by atoms with van der Waals surface area (Å²) in [5, 5.41) is 3.36. The largest absolute Gasteiger partial charge is 0.323 e. The van der Waals surface area contributed by atoms with Gasteiger partial charge in [-0.05, 0) is 31.6 Å². The van der Waals surface area contributed by atoms with Crippen LogP contribution in [0.1, 0.15) is 58.8 Å². The maximum atomic E-state index is 12.0. The molecular weight excluding hydrogens is 212 g/mol. The minimum absolute atomic E-state index is 0.311. The second-order valence-electron chi connectivity index (χ2n) is 5.75. The summed E-state index contributed by atoms with van der Waals surface area (Å²) in [6, 6.07) is 0.499. The number of hydrogen-bond donors (Lipinski definition) is 1. The fourth-order valence-corrected chi connectivity index (χ4v) is 3.29. The Morgan fingerprint density at radius 2 is 2.12 bits per heavy atom. The summed E-state index contributed by atoms with van der Waals surface area (Å²) in [6.07, 6.45) is 8.87. The van der Waals surface area contributed by atoms with Crippen molar-refractivity contribution in [2.45, 2.75) is 71.0 Å². The van der Waals surface area contributed by atoms with Gasteiger partial charge in [-0.15, -0.1) is 0 Å². The van der Waals surface area contributed by atoms with E-state index in [1.807, 2.05) is 0 Å². The van der Waals surface area contributed by atoms with Gasteiger partial charge in [-0.2, -0.15) is 0 Å². The summed E-state index contributed by atoms with van der Waals surface area (Å²) in [4.78, 5) is 14.2. The summed E-state index contributed by atoms with van der Waals surface area (Å²) in [7, 11) is 0. The standard InChI is InChI=1S/C14H26N2O/c1-3-5-13-15-10-14(17)16(13)12-7-4-6-11(2)8-9-12/h11-13,15H,3-10H2,1-2H3. The number of amides is 1. The smallest absolute Gasteiger partial charge is 0.238 e. The first-order valence-electron chi connectivity index (χ1n) is 7.27. The molecule has 1 aliphatic heterocycles. The fraction of sp³-hybridized carbons (Fsp3) is 0.929. The van der Waals surface area contributed by atoms with E-state index in [0.29, 0.717) is 24.7 Å². The van der Waals surface area contributed by atoms with Gasteiger partial charge >= 0.3 is 0 Å². The van der Waals surface area contributed by atoms with Crippen molar-refractivity contribution in [1.82, 2.24) is 10.2 Å². The van der Waals surface area contributed by atoms with E-state index in [2.05, 4.69) is 24.1 Å². The lowest BCUT2D eigenvalue weighted by atomic mass is 10.0. The van der Waals surface area contributed by atoms with Gasteiger partial charge in [0, 0.05) is 6.04 Å². The van der Waals surface area contributed by atoms with Crippen LogP contribution in [0.25, 0.3) is 0 Å². The quantitative estimate of drug-likeness (QED) is 0.766. The van der Waals surface area contributed by atoms with E-state index >= 15 is 0 Å². The first-order valence-corrected chi connectivity index (χ1v) is 7.27. The van der Waals surface area contributed by atoms with Gasteiger partial charge in [0.25, 0.3) is 0 Å². The van der Waals surface area contributed by atoms with Crippen molar-refractivity contribution in [3.05, 3.63) is 0 Å². The lowest BCUT2D eigenvalue weighted by molar-refractivity contribution is -0.130. The van der Waals surface area contributed by atoms with Crippen LogP contribution in [0.5, 0.6) is 0 Å². The molecule has 0 aromatic rings. The van der Waals surface area contributed by atoms with Gasteiger partial charge in [0.05, 0.1) is 12.7 Å². The molecule has 1 heterocycles. The molecule has 1 N–H and O–H groups in total. The van der Waals surface area contributed by atoms with Gasteiger partial charge in [0.1, 0.15) is 0 Å². The Morgan fingerprint density at radius 1 is 1.29 bits per heavy atom. The Bertz CT molecular complexity index is 267. The first kappa shape index (κ1) is 12.9. The lowest BCUT2D eigenvalue weighted by Crippen LogP contribution is -2.44. The molecule has 1 aliphatic carbocycles. The maximum Gasteiger partial charge on any atom is 0.238 e. The Balaban J connectivity index is 2.00. The van der Waals surface area contributed by atoms with E-state index in [0.717, 1.165) is 18.8 Å². The molecule has 0 spiro atoms. The fourth-order valence-electron chi connectivity index (χ4n) is 3.29. The molecule has 0 aromatic heterocycles. The summed E-state index contributed by atoms with van der Waals surface area (Å²) < 4.78 is 0. The highest BCUT2D eigenvalue weighted by Crippen LogP contribution is 2.28. The van der Waals surface area contributed by atoms with E-state index < -0.39 is 0 Å². The van der Waals surface area contributed by atoms with Crippen LogP contribution < -0.4 is 5.32 Å². The van der Waals surface area contributed by atoms with Crippen molar-refractivity contribution in [2.24, 2.45) is 5.92 Å². The Hall–Kier alpha value is -0.570. The monoisotopic (exact) mass is 238 g/mol. The maximum absolute atomic E-state index is 12.0. The van der Waals surface area contributed by atoms with Gasteiger partial charge in [0.2, 0.25) is 5.91 Å². The van der Waals surface area contributed by atoms with Crippen LogP contribution in [0.2, 0.25) is 0 Å². The topological polar surface area (TPSA) is 32.3 Å². The number of carbonyl (C=O) groups is 1. The summed E-state index contributed by atoms with van der Waals surface area (Å²) >= 11 is 0. The molecule has 1 amide bonds. The average Bonchev–Trinajstić information content (AvgIpc) is 2.53. The molecule has 17 heavy (non-hydrogen) atoms. The van der Waals surface area contributed by atoms with Crippen molar-refractivity contribution in [3.8, 4) is 0 Å². The highest BCUT2D eigenvalue weighted by atomic mass is 16.2. The van der Waals surface area contributed by atoms with E-state index in [1.54, 1.807) is 0 Å². The Labute approximate surface area is 105 Å². The zero-order valence-electron chi connectivity index (χ0n) is 11.2. The summed E-state index contributed by atoms with van der Waals surface area (Å²) in [5.41, 5.74) is 0. The average molecular weight is 238 g/mol. The number of nitrogens with one attached hydrogen (secondary N) is 1. The second-order valence-corrected chi connectivity index (χ2v) is 5.75. The van der Waals surface area contributed by atoms with E-state index in [-0.39, 0.29) is 0 Å². The van der Waals surface area contributed by atoms with Gasteiger partial charge in [0.15, 0.2) is 0 Å². The highest BCUT2D eigenvalue weighted by Gasteiger charge is 2.35. The van der Waals surface area contributed by atoms with Crippen LogP contribution in [0.4, 0.5) is 0 Å². The molecule has 3 heteroatoms. The summed E-state index contributed by atoms with van der Waals surface area (Å²) in [5.74, 6) is 1.17. The minimum atomic E-state index is 0.311. The van der Waals surface area contributed by atoms with Crippen LogP contribution in [0.15, 0.2) is 0 Å². The highest BCUT2D eigenvalue weighted by molar-refractivity contribution is 5.81. The predicted octanol–water partition coefficient (Wildman–Crippen LogP) is 2.51. The molecule has 2 rings (SSSR count). The SMILES string of the molecule is CCCC1NCC(=O)N1C1CCCC(C)CC1. The normalized spacial score (nSPS) is 35.1. The molecule has 1 saturated carbocycles. The number of nitrogens with zero attached hydrogens (tertiary/aromatic N) is 1. The molecule has 2 aliphatic rings. The molecule has 3 unspecified atom stereocenters. The number of rotatable bonds is 3. The van der Waals surface area contributed by atoms with Crippen LogP contribution >= 0.6 is 0 Å². The van der Waals surface area contributed by atoms with Gasteiger partial charge in [-0.1, -0.05) is 33.1 Å². The van der Waals surface area contributed by atoms with E-state index in [4.69, 9.17) is 0 Å². The molecule has 3 nitrogen and oxygen atoms in total. The second kappa shape index (κ2) is 5.85. The third-order valence-corrected chi connectivity index (χ3v) is 4.30. The van der Waals surface area contributed by atoms with Crippen molar-refractivity contribution < 1.29 is 4.79 Å². The van der Waals surface area contributed by atoms with Crippen molar-refractivity contribution >= 4 is 5.91 Å².